The molecule has 3 rings (SSSR count). The van der Waals surface area contributed by atoms with E-state index in [-0.39, 0.29) is 5.56 Å². The van der Waals surface area contributed by atoms with Crippen LogP contribution in [-0.4, -0.2) is 17.7 Å². The van der Waals surface area contributed by atoms with E-state index in [0.717, 1.165) is 5.56 Å². The Morgan fingerprint density at radius 2 is 1.72 bits per heavy atom. The van der Waals surface area contributed by atoms with Crippen molar-refractivity contribution in [2.45, 2.75) is 6.92 Å². The van der Waals surface area contributed by atoms with Crippen molar-refractivity contribution in [3.63, 3.8) is 0 Å². The van der Waals surface area contributed by atoms with Gasteiger partial charge in [-0.25, -0.2) is 4.79 Å². The van der Waals surface area contributed by atoms with Crippen LogP contribution in [0.25, 0.3) is 10.8 Å². The van der Waals surface area contributed by atoms with Gasteiger partial charge in [0.05, 0.1) is 18.5 Å². The molecule has 1 aromatic heterocycles. The molecule has 2 amide bonds. The lowest BCUT2D eigenvalue weighted by Gasteiger charge is -2.14. The molecule has 2 N–H and O–H groups in total. The first-order valence-electron chi connectivity index (χ1n) is 7.80. The minimum absolute atomic E-state index is 0.109. The summed E-state index contributed by atoms with van der Waals surface area (Å²) in [7, 11) is 3.20. The van der Waals surface area contributed by atoms with Crippen LogP contribution in [0.1, 0.15) is 5.56 Å². The minimum atomic E-state index is -0.410. The second kappa shape index (κ2) is 6.68. The predicted molar refractivity (Wildman–Crippen MR) is 99.6 cm³/mol. The smallest absolute Gasteiger partial charge is 0.323 e. The van der Waals surface area contributed by atoms with Crippen LogP contribution in [-0.2, 0) is 7.05 Å². The van der Waals surface area contributed by atoms with Crippen LogP contribution < -0.4 is 20.9 Å². The van der Waals surface area contributed by atoms with Gasteiger partial charge in [0.1, 0.15) is 5.75 Å². The van der Waals surface area contributed by atoms with Crippen molar-refractivity contribution >= 4 is 28.2 Å². The van der Waals surface area contributed by atoms with E-state index in [9.17, 15) is 9.59 Å². The zero-order valence-corrected chi connectivity index (χ0v) is 14.3. The van der Waals surface area contributed by atoms with Crippen molar-refractivity contribution in [3.05, 3.63) is 64.6 Å². The van der Waals surface area contributed by atoms with Crippen LogP contribution in [0.2, 0.25) is 0 Å². The summed E-state index contributed by atoms with van der Waals surface area (Å²) in [6.07, 6.45) is 1.61. The Bertz CT molecular complexity index is 1010. The maximum absolute atomic E-state index is 12.4. The van der Waals surface area contributed by atoms with Crippen molar-refractivity contribution < 1.29 is 9.53 Å². The molecule has 0 radical (unpaired) electrons. The van der Waals surface area contributed by atoms with E-state index >= 15 is 0 Å². The van der Waals surface area contributed by atoms with Gasteiger partial charge in [0, 0.05) is 24.0 Å². The average molecular weight is 337 g/mol. The fourth-order valence-corrected chi connectivity index (χ4v) is 2.71. The molecule has 1 heterocycles. The molecule has 2 aromatic carbocycles. The molecule has 0 spiro atoms. The quantitative estimate of drug-likeness (QED) is 0.768. The van der Waals surface area contributed by atoms with Crippen LogP contribution in [0.15, 0.2) is 53.5 Å². The van der Waals surface area contributed by atoms with Crippen LogP contribution in [0.3, 0.4) is 0 Å². The van der Waals surface area contributed by atoms with Crippen LogP contribution in [0.5, 0.6) is 5.75 Å². The number of hydrogen-bond donors (Lipinski definition) is 2. The molecule has 128 valence electrons. The van der Waals surface area contributed by atoms with E-state index in [0.29, 0.717) is 27.9 Å². The lowest BCUT2D eigenvalue weighted by Crippen LogP contribution is -2.23. The molecule has 6 heteroatoms. The summed E-state index contributed by atoms with van der Waals surface area (Å²) in [6.45, 7) is 1.93. The maximum Gasteiger partial charge on any atom is 0.323 e. The lowest BCUT2D eigenvalue weighted by molar-refractivity contribution is 0.262. The second-order valence-corrected chi connectivity index (χ2v) is 5.79. The largest absolute Gasteiger partial charge is 0.495 e. The number of fused-ring (bicyclic) bond motifs is 1. The highest BCUT2D eigenvalue weighted by atomic mass is 16.5. The number of aromatic nitrogens is 1. The Labute approximate surface area is 145 Å². The summed E-state index contributed by atoms with van der Waals surface area (Å²) < 4.78 is 6.72. The summed E-state index contributed by atoms with van der Waals surface area (Å²) in [5.74, 6) is 0.575. The van der Waals surface area contributed by atoms with Crippen LogP contribution in [0.4, 0.5) is 16.2 Å². The number of carbonyl (C=O) groups excluding carboxylic acids is 1. The van der Waals surface area contributed by atoms with Gasteiger partial charge in [0.25, 0.3) is 5.56 Å². The number of nitrogens with zero attached hydrogens (tertiary/aromatic N) is 1. The maximum atomic E-state index is 12.4. The highest BCUT2D eigenvalue weighted by Gasteiger charge is 2.11. The number of amides is 2. The second-order valence-electron chi connectivity index (χ2n) is 5.79. The number of anilines is 2. The number of pyridine rings is 1. The number of methoxy groups -OCH3 is 1. The van der Waals surface area contributed by atoms with E-state index in [2.05, 4.69) is 10.6 Å². The molecule has 0 fully saturated rings. The lowest BCUT2D eigenvalue weighted by atomic mass is 10.1. The van der Waals surface area contributed by atoms with Crippen LogP contribution >= 0.6 is 0 Å². The number of urea groups is 1. The van der Waals surface area contributed by atoms with Gasteiger partial charge < -0.3 is 19.9 Å². The Morgan fingerprint density at radius 3 is 2.44 bits per heavy atom. The molecule has 25 heavy (non-hydrogen) atoms. The zero-order chi connectivity index (χ0) is 18.0. The Kier molecular flexibility index (Phi) is 4.43. The Hall–Kier alpha value is -3.28. The predicted octanol–water partition coefficient (Wildman–Crippen LogP) is 3.50. The third-order valence-corrected chi connectivity index (χ3v) is 3.94. The summed E-state index contributed by atoms with van der Waals surface area (Å²) >= 11 is 0. The number of aryl methyl sites for hydroxylation is 2. The highest BCUT2D eigenvalue weighted by Crippen LogP contribution is 2.26. The van der Waals surface area contributed by atoms with Gasteiger partial charge in [-0.3, -0.25) is 4.79 Å². The topological polar surface area (TPSA) is 72.4 Å². The molecule has 0 unspecified atom stereocenters. The fourth-order valence-electron chi connectivity index (χ4n) is 2.71. The first-order valence-corrected chi connectivity index (χ1v) is 7.80. The van der Waals surface area contributed by atoms with Crippen molar-refractivity contribution in [1.82, 2.24) is 4.57 Å². The SMILES string of the molecule is COc1ccc(C)cc1NC(=O)Nc1cn(C)c(=O)c2ccccc12. The average Bonchev–Trinajstić information content (AvgIpc) is 2.59. The molecule has 3 aromatic rings. The standard InChI is InChI=1S/C19H19N3O3/c1-12-8-9-17(25-3)15(10-12)20-19(24)21-16-11-22(2)18(23)14-7-5-4-6-13(14)16/h4-11H,1-3H3,(H2,20,21,24). The molecule has 0 aliphatic carbocycles. The number of rotatable bonds is 3. The first kappa shape index (κ1) is 16.6. The van der Waals surface area contributed by atoms with E-state index < -0.39 is 6.03 Å². The Balaban J connectivity index is 1.92. The number of hydrogen-bond acceptors (Lipinski definition) is 3. The summed E-state index contributed by atoms with van der Waals surface area (Å²) in [5, 5.41) is 6.84. The van der Waals surface area contributed by atoms with Crippen molar-refractivity contribution in [2.75, 3.05) is 17.7 Å². The molecule has 0 saturated heterocycles. The van der Waals surface area contributed by atoms with Gasteiger partial charge in [-0.05, 0) is 30.7 Å². The van der Waals surface area contributed by atoms with Gasteiger partial charge in [0.2, 0.25) is 0 Å². The molecule has 0 aliphatic heterocycles. The number of ether oxygens (including phenoxy) is 1. The summed E-state index contributed by atoms with van der Waals surface area (Å²) in [6, 6.07) is 12.3. The van der Waals surface area contributed by atoms with Crippen molar-refractivity contribution in [3.8, 4) is 5.75 Å². The molecule has 0 saturated carbocycles. The third kappa shape index (κ3) is 3.33. The van der Waals surface area contributed by atoms with E-state index in [1.54, 1.807) is 44.6 Å². The number of nitrogens with one attached hydrogen (secondary N) is 2. The van der Waals surface area contributed by atoms with E-state index in [1.165, 1.54) is 4.57 Å². The van der Waals surface area contributed by atoms with Gasteiger partial charge >= 0.3 is 6.03 Å². The van der Waals surface area contributed by atoms with Crippen molar-refractivity contribution in [2.24, 2.45) is 7.05 Å². The summed E-state index contributed by atoms with van der Waals surface area (Å²) in [5.41, 5.74) is 2.03. The fraction of sp³-hybridized carbons (Fsp3) is 0.158. The Morgan fingerprint density at radius 1 is 1.04 bits per heavy atom. The molecule has 0 atom stereocenters. The minimum Gasteiger partial charge on any atom is -0.495 e. The van der Waals surface area contributed by atoms with Crippen molar-refractivity contribution in [1.29, 1.82) is 0 Å². The molecular formula is C19H19N3O3. The molecule has 0 aliphatic rings. The zero-order valence-electron chi connectivity index (χ0n) is 14.3. The number of carbonyl (C=O) groups is 1. The monoisotopic (exact) mass is 337 g/mol. The van der Waals surface area contributed by atoms with Crippen LogP contribution in [0, 0.1) is 6.92 Å². The van der Waals surface area contributed by atoms with Gasteiger partial charge in [-0.2, -0.15) is 0 Å². The molecule has 0 bridgehead atoms. The highest BCUT2D eigenvalue weighted by molar-refractivity contribution is 6.06. The summed E-state index contributed by atoms with van der Waals surface area (Å²) in [4.78, 5) is 24.6. The van der Waals surface area contributed by atoms with Gasteiger partial charge in [0.15, 0.2) is 0 Å². The van der Waals surface area contributed by atoms with Gasteiger partial charge in [-0.1, -0.05) is 24.3 Å². The van der Waals surface area contributed by atoms with Gasteiger partial charge in [-0.15, -0.1) is 0 Å². The van der Waals surface area contributed by atoms with E-state index in [1.807, 2.05) is 25.1 Å². The normalized spacial score (nSPS) is 10.5. The van der Waals surface area contributed by atoms with E-state index in [4.69, 9.17) is 4.74 Å². The number of benzene rings is 2. The first-order chi connectivity index (χ1) is 12.0. The molecular weight excluding hydrogens is 318 g/mol. The third-order valence-electron chi connectivity index (χ3n) is 3.94. The molecule has 6 nitrogen and oxygen atoms in total.